The van der Waals surface area contributed by atoms with Gasteiger partial charge in [0.05, 0.1) is 45.2 Å². The number of amides is 1. The summed E-state index contributed by atoms with van der Waals surface area (Å²) >= 11 is 0. The van der Waals surface area contributed by atoms with E-state index in [1.165, 1.54) is 27.5 Å². The average Bonchev–Trinajstić information content (AvgIpc) is 2.79. The Balaban J connectivity index is 2.02. The van der Waals surface area contributed by atoms with E-state index in [0.717, 1.165) is 5.69 Å². The highest BCUT2D eigenvalue weighted by molar-refractivity contribution is 5.96. The Bertz CT molecular complexity index is 1070. The standard InChI is InChI=1S/C22H23N3O5/c1-5-30-20-13-16(14-23-25(20)17-9-7-6-8-10-17)24-22(26)15-11-18(27-2)21(29-4)19(12-15)28-3/h6-14H,5H2,1-4H3/b24-16+. The van der Waals surface area contributed by atoms with Crippen LogP contribution in [-0.4, -0.2) is 43.6 Å². The van der Waals surface area contributed by atoms with Crippen LogP contribution in [0.25, 0.3) is 5.69 Å². The van der Waals surface area contributed by atoms with Gasteiger partial charge in [-0.1, -0.05) is 18.2 Å². The van der Waals surface area contributed by atoms with E-state index >= 15 is 0 Å². The van der Waals surface area contributed by atoms with Gasteiger partial charge in [0.1, 0.15) is 0 Å². The quantitative estimate of drug-likeness (QED) is 0.596. The van der Waals surface area contributed by atoms with Gasteiger partial charge in [0.25, 0.3) is 5.91 Å². The lowest BCUT2D eigenvalue weighted by Crippen LogP contribution is -2.15. The van der Waals surface area contributed by atoms with Crippen molar-refractivity contribution in [2.24, 2.45) is 4.99 Å². The van der Waals surface area contributed by atoms with E-state index < -0.39 is 5.91 Å². The number of nitrogens with zero attached hydrogens (tertiary/aromatic N) is 3. The Morgan fingerprint density at radius 3 is 2.23 bits per heavy atom. The third-order valence-corrected chi connectivity index (χ3v) is 4.22. The fraction of sp³-hybridized carbons (Fsp3) is 0.227. The third-order valence-electron chi connectivity index (χ3n) is 4.22. The molecular weight excluding hydrogens is 386 g/mol. The smallest absolute Gasteiger partial charge is 0.277 e. The summed E-state index contributed by atoms with van der Waals surface area (Å²) in [7, 11) is 4.47. The molecule has 2 aromatic carbocycles. The fourth-order valence-electron chi connectivity index (χ4n) is 2.86. The second-order valence-electron chi connectivity index (χ2n) is 6.06. The molecule has 0 unspecified atom stereocenters. The van der Waals surface area contributed by atoms with E-state index in [9.17, 15) is 4.79 Å². The van der Waals surface area contributed by atoms with Crippen LogP contribution >= 0.6 is 0 Å². The predicted octanol–water partition coefficient (Wildman–Crippen LogP) is 3.04. The van der Waals surface area contributed by atoms with E-state index in [4.69, 9.17) is 18.9 Å². The molecule has 0 aliphatic carbocycles. The molecule has 0 radical (unpaired) electrons. The summed E-state index contributed by atoms with van der Waals surface area (Å²) < 4.78 is 23.2. The van der Waals surface area contributed by atoms with Crippen molar-refractivity contribution in [3.05, 3.63) is 65.6 Å². The first-order valence-corrected chi connectivity index (χ1v) is 9.28. The van der Waals surface area contributed by atoms with Gasteiger partial charge in [-0.15, -0.1) is 0 Å². The van der Waals surface area contributed by atoms with Crippen LogP contribution in [0.4, 0.5) is 0 Å². The van der Waals surface area contributed by atoms with Crippen LogP contribution in [0.15, 0.2) is 59.7 Å². The second-order valence-corrected chi connectivity index (χ2v) is 6.06. The molecule has 0 aliphatic rings. The average molecular weight is 409 g/mol. The van der Waals surface area contributed by atoms with Crippen LogP contribution in [0.2, 0.25) is 0 Å². The van der Waals surface area contributed by atoms with Crippen LogP contribution in [-0.2, 0) is 0 Å². The predicted molar refractivity (Wildman–Crippen MR) is 111 cm³/mol. The van der Waals surface area contributed by atoms with Crippen molar-refractivity contribution in [2.45, 2.75) is 6.92 Å². The molecule has 0 saturated carbocycles. The summed E-state index contributed by atoms with van der Waals surface area (Å²) in [4.78, 5) is 16.9. The minimum absolute atomic E-state index is 0.294. The zero-order valence-corrected chi connectivity index (χ0v) is 17.3. The number of rotatable bonds is 7. The molecule has 0 bridgehead atoms. The minimum atomic E-state index is -0.476. The van der Waals surface area contributed by atoms with Crippen LogP contribution < -0.4 is 24.3 Å². The van der Waals surface area contributed by atoms with Crippen molar-refractivity contribution in [3.63, 3.8) is 0 Å². The Morgan fingerprint density at radius 2 is 1.67 bits per heavy atom. The maximum Gasteiger partial charge on any atom is 0.277 e. The Morgan fingerprint density at radius 1 is 1.00 bits per heavy atom. The van der Waals surface area contributed by atoms with Crippen LogP contribution in [0.5, 0.6) is 23.1 Å². The third kappa shape index (κ3) is 4.43. The summed E-state index contributed by atoms with van der Waals surface area (Å²) in [6.07, 6.45) is 1.51. The Labute approximate surface area is 174 Å². The maximum absolute atomic E-state index is 12.8. The van der Waals surface area contributed by atoms with E-state index in [1.807, 2.05) is 37.3 Å². The number of carbonyl (C=O) groups excluding carboxylic acids is 1. The van der Waals surface area contributed by atoms with Crippen molar-refractivity contribution in [1.82, 2.24) is 9.78 Å². The lowest BCUT2D eigenvalue weighted by Gasteiger charge is -2.13. The van der Waals surface area contributed by atoms with Crippen molar-refractivity contribution in [1.29, 1.82) is 0 Å². The molecule has 8 nitrogen and oxygen atoms in total. The number of para-hydroxylation sites is 1. The zero-order chi connectivity index (χ0) is 21.5. The van der Waals surface area contributed by atoms with Crippen LogP contribution in [0.1, 0.15) is 17.3 Å². The molecule has 30 heavy (non-hydrogen) atoms. The van der Waals surface area contributed by atoms with Crippen molar-refractivity contribution in [3.8, 4) is 28.8 Å². The fourth-order valence-corrected chi connectivity index (χ4v) is 2.86. The lowest BCUT2D eigenvalue weighted by molar-refractivity contribution is 0.0997. The topological polar surface area (TPSA) is 84.2 Å². The molecule has 1 amide bonds. The SMILES string of the molecule is CCOc1c/c(=N\C(=O)c2cc(OC)c(OC)c(OC)c2)cnn1-c1ccccc1. The molecule has 1 aromatic heterocycles. The molecule has 8 heteroatoms. The highest BCUT2D eigenvalue weighted by atomic mass is 16.5. The number of methoxy groups -OCH3 is 3. The molecule has 0 fully saturated rings. The lowest BCUT2D eigenvalue weighted by atomic mass is 10.1. The van der Waals surface area contributed by atoms with Gasteiger partial charge in [-0.2, -0.15) is 5.10 Å². The van der Waals surface area contributed by atoms with E-state index in [-0.39, 0.29) is 0 Å². The van der Waals surface area contributed by atoms with Crippen LogP contribution in [0.3, 0.4) is 0 Å². The first kappa shape index (κ1) is 20.9. The molecule has 156 valence electrons. The monoisotopic (exact) mass is 409 g/mol. The van der Waals surface area contributed by atoms with Gasteiger partial charge in [0.15, 0.2) is 11.5 Å². The minimum Gasteiger partial charge on any atom is -0.493 e. The number of carbonyl (C=O) groups is 1. The number of hydrogen-bond acceptors (Lipinski definition) is 6. The summed E-state index contributed by atoms with van der Waals surface area (Å²) in [5, 5.41) is 4.75. The Kier molecular flexibility index (Phi) is 6.69. The molecule has 0 atom stereocenters. The van der Waals surface area contributed by atoms with Gasteiger partial charge >= 0.3 is 0 Å². The zero-order valence-electron chi connectivity index (χ0n) is 17.3. The second kappa shape index (κ2) is 9.60. The molecular formula is C22H23N3O5. The normalized spacial score (nSPS) is 11.1. The first-order chi connectivity index (χ1) is 14.6. The largest absolute Gasteiger partial charge is 0.493 e. The molecule has 0 saturated heterocycles. The van der Waals surface area contributed by atoms with Gasteiger partial charge in [0, 0.05) is 11.6 Å². The Hall–Kier alpha value is -3.81. The van der Waals surface area contributed by atoms with E-state index in [2.05, 4.69) is 10.1 Å². The van der Waals surface area contributed by atoms with Crippen molar-refractivity contribution < 1.29 is 23.7 Å². The highest BCUT2D eigenvalue weighted by Crippen LogP contribution is 2.38. The molecule has 3 rings (SSSR count). The first-order valence-electron chi connectivity index (χ1n) is 9.28. The molecule has 0 spiro atoms. The molecule has 0 aliphatic heterocycles. The summed E-state index contributed by atoms with van der Waals surface area (Å²) in [5.74, 6) is 1.15. The summed E-state index contributed by atoms with van der Waals surface area (Å²) in [6.45, 7) is 2.32. The van der Waals surface area contributed by atoms with Crippen molar-refractivity contribution in [2.75, 3.05) is 27.9 Å². The molecule has 1 heterocycles. The number of ether oxygens (including phenoxy) is 4. The summed E-state index contributed by atoms with van der Waals surface area (Å²) in [6, 6.07) is 14.3. The van der Waals surface area contributed by atoms with Gasteiger partial charge < -0.3 is 18.9 Å². The van der Waals surface area contributed by atoms with Crippen LogP contribution in [0, 0.1) is 0 Å². The number of hydrogen-bond donors (Lipinski definition) is 0. The van der Waals surface area contributed by atoms with Gasteiger partial charge in [-0.3, -0.25) is 4.79 Å². The van der Waals surface area contributed by atoms with Gasteiger partial charge in [-0.25, -0.2) is 9.67 Å². The highest BCUT2D eigenvalue weighted by Gasteiger charge is 2.16. The van der Waals surface area contributed by atoms with Gasteiger partial charge in [0.2, 0.25) is 11.6 Å². The van der Waals surface area contributed by atoms with Crippen molar-refractivity contribution >= 4 is 5.91 Å². The number of aromatic nitrogens is 2. The van der Waals surface area contributed by atoms with E-state index in [1.54, 1.807) is 22.9 Å². The maximum atomic E-state index is 12.8. The molecule has 0 N–H and O–H groups in total. The van der Waals surface area contributed by atoms with Gasteiger partial charge in [-0.05, 0) is 31.2 Å². The summed E-state index contributed by atoms with van der Waals surface area (Å²) in [5.41, 5.74) is 1.13. The number of benzene rings is 2. The molecule has 3 aromatic rings. The van der Waals surface area contributed by atoms with E-state index in [0.29, 0.717) is 40.7 Å².